The lowest BCUT2D eigenvalue weighted by atomic mass is 10.0. The van der Waals surface area contributed by atoms with E-state index in [2.05, 4.69) is 53.6 Å². The van der Waals surface area contributed by atoms with Gasteiger partial charge in [0, 0.05) is 11.1 Å². The Balaban J connectivity index is 2.29. The lowest BCUT2D eigenvalue weighted by molar-refractivity contribution is 0.808. The number of hydrogen-bond donors (Lipinski definition) is 1. The average molecular weight is 240 g/mol. The molecule has 0 saturated heterocycles. The van der Waals surface area contributed by atoms with E-state index >= 15 is 0 Å². The van der Waals surface area contributed by atoms with Gasteiger partial charge in [-0.3, -0.25) is 4.98 Å². The molecule has 0 radical (unpaired) electrons. The van der Waals surface area contributed by atoms with Gasteiger partial charge in [-0.2, -0.15) is 0 Å². The van der Waals surface area contributed by atoms with Crippen LogP contribution in [0.1, 0.15) is 24.6 Å². The molecule has 1 N–H and O–H groups in total. The minimum Gasteiger partial charge on any atom is -0.319 e. The van der Waals surface area contributed by atoms with Crippen LogP contribution in [0.15, 0.2) is 36.4 Å². The van der Waals surface area contributed by atoms with Crippen LogP contribution in [0.3, 0.4) is 0 Å². The van der Waals surface area contributed by atoms with Crippen molar-refractivity contribution in [1.29, 1.82) is 0 Å². The fourth-order valence-electron chi connectivity index (χ4n) is 2.02. The van der Waals surface area contributed by atoms with Crippen LogP contribution in [0, 0.1) is 6.92 Å². The van der Waals surface area contributed by atoms with Gasteiger partial charge in [-0.05, 0) is 63.2 Å². The number of pyridine rings is 1. The van der Waals surface area contributed by atoms with E-state index in [-0.39, 0.29) is 0 Å². The highest BCUT2D eigenvalue weighted by molar-refractivity contribution is 5.83. The molecule has 0 spiro atoms. The number of fused-ring (bicyclic) bond motifs is 1. The molecule has 18 heavy (non-hydrogen) atoms. The standard InChI is InChI=1S/C16H20N2/c1-12(5-4-10-17-3)14-8-9-16-15(11-14)7-6-13(2)18-16/h5-9,11,17H,4,10H2,1-3H3/b12-5-. The number of allylic oxidation sites excluding steroid dienone is 1. The fourth-order valence-corrected chi connectivity index (χ4v) is 2.02. The first-order valence-electron chi connectivity index (χ1n) is 6.40. The molecule has 0 aliphatic heterocycles. The monoisotopic (exact) mass is 240 g/mol. The van der Waals surface area contributed by atoms with E-state index in [0.29, 0.717) is 0 Å². The van der Waals surface area contributed by atoms with Crippen LogP contribution in [0.5, 0.6) is 0 Å². The highest BCUT2D eigenvalue weighted by Gasteiger charge is 1.99. The zero-order valence-corrected chi connectivity index (χ0v) is 11.3. The van der Waals surface area contributed by atoms with Crippen molar-refractivity contribution in [3.05, 3.63) is 47.7 Å². The Kier molecular flexibility index (Phi) is 4.11. The molecule has 0 bridgehead atoms. The molecule has 2 aromatic rings. The Bertz CT molecular complexity index is 570. The van der Waals surface area contributed by atoms with Crippen LogP contribution in [0.4, 0.5) is 0 Å². The summed E-state index contributed by atoms with van der Waals surface area (Å²) in [5.74, 6) is 0. The summed E-state index contributed by atoms with van der Waals surface area (Å²) in [7, 11) is 1.98. The van der Waals surface area contributed by atoms with Gasteiger partial charge < -0.3 is 5.32 Å². The number of nitrogens with one attached hydrogen (secondary N) is 1. The van der Waals surface area contributed by atoms with E-state index < -0.39 is 0 Å². The maximum absolute atomic E-state index is 4.52. The minimum absolute atomic E-state index is 1.02. The van der Waals surface area contributed by atoms with Crippen molar-refractivity contribution in [1.82, 2.24) is 10.3 Å². The topological polar surface area (TPSA) is 24.9 Å². The molecule has 1 aromatic heterocycles. The smallest absolute Gasteiger partial charge is 0.0705 e. The van der Waals surface area contributed by atoms with Crippen molar-refractivity contribution < 1.29 is 0 Å². The lowest BCUT2D eigenvalue weighted by Gasteiger charge is -2.05. The molecule has 0 amide bonds. The van der Waals surface area contributed by atoms with Crippen LogP contribution in [-0.4, -0.2) is 18.6 Å². The number of rotatable bonds is 4. The van der Waals surface area contributed by atoms with Gasteiger partial charge in [-0.1, -0.05) is 18.2 Å². The highest BCUT2D eigenvalue weighted by Crippen LogP contribution is 2.20. The molecule has 0 saturated carbocycles. The van der Waals surface area contributed by atoms with Gasteiger partial charge >= 0.3 is 0 Å². The predicted molar refractivity (Wildman–Crippen MR) is 78.7 cm³/mol. The van der Waals surface area contributed by atoms with E-state index in [1.165, 1.54) is 16.5 Å². The maximum Gasteiger partial charge on any atom is 0.0705 e. The molecule has 0 unspecified atom stereocenters. The van der Waals surface area contributed by atoms with Crippen LogP contribution < -0.4 is 5.32 Å². The third-order valence-electron chi connectivity index (χ3n) is 3.13. The summed E-state index contributed by atoms with van der Waals surface area (Å²) < 4.78 is 0. The molecule has 2 heteroatoms. The molecule has 1 aromatic carbocycles. The summed E-state index contributed by atoms with van der Waals surface area (Å²) in [5, 5.41) is 4.36. The molecular weight excluding hydrogens is 220 g/mol. The first-order valence-corrected chi connectivity index (χ1v) is 6.40. The molecular formula is C16H20N2. The summed E-state index contributed by atoms with van der Waals surface area (Å²) in [6.07, 6.45) is 3.34. The molecule has 0 fully saturated rings. The van der Waals surface area contributed by atoms with Gasteiger partial charge in [-0.15, -0.1) is 0 Å². The van der Waals surface area contributed by atoms with Crippen molar-refractivity contribution in [3.63, 3.8) is 0 Å². The van der Waals surface area contributed by atoms with Crippen LogP contribution in [0.2, 0.25) is 0 Å². The summed E-state index contributed by atoms with van der Waals surface area (Å²) in [4.78, 5) is 4.52. The largest absolute Gasteiger partial charge is 0.319 e. The quantitative estimate of drug-likeness (QED) is 0.827. The Morgan fingerprint density at radius 1 is 1.28 bits per heavy atom. The molecule has 1 heterocycles. The summed E-state index contributed by atoms with van der Waals surface area (Å²) >= 11 is 0. The van der Waals surface area contributed by atoms with Gasteiger partial charge in [0.15, 0.2) is 0 Å². The van der Waals surface area contributed by atoms with E-state index in [0.717, 1.165) is 24.2 Å². The molecule has 2 nitrogen and oxygen atoms in total. The normalized spacial score (nSPS) is 12.1. The molecule has 0 aliphatic rings. The predicted octanol–water partition coefficient (Wildman–Crippen LogP) is 3.56. The molecule has 0 aliphatic carbocycles. The van der Waals surface area contributed by atoms with Crippen LogP contribution in [-0.2, 0) is 0 Å². The maximum atomic E-state index is 4.52. The minimum atomic E-state index is 1.02. The number of benzene rings is 1. The first kappa shape index (κ1) is 12.8. The van der Waals surface area contributed by atoms with Crippen molar-refractivity contribution in [3.8, 4) is 0 Å². The van der Waals surface area contributed by atoms with Gasteiger partial charge in [-0.25, -0.2) is 0 Å². The average Bonchev–Trinajstić information content (AvgIpc) is 2.38. The second-order valence-corrected chi connectivity index (χ2v) is 4.64. The van der Waals surface area contributed by atoms with E-state index in [1.54, 1.807) is 0 Å². The molecule has 0 atom stereocenters. The summed E-state index contributed by atoms with van der Waals surface area (Å²) in [5.41, 5.74) is 4.75. The Morgan fingerprint density at radius 2 is 2.11 bits per heavy atom. The van der Waals surface area contributed by atoms with Gasteiger partial charge in [0.05, 0.1) is 5.52 Å². The fraction of sp³-hybridized carbons (Fsp3) is 0.312. The molecule has 2 rings (SSSR count). The van der Waals surface area contributed by atoms with E-state index in [9.17, 15) is 0 Å². The zero-order valence-electron chi connectivity index (χ0n) is 11.3. The third kappa shape index (κ3) is 2.96. The van der Waals surface area contributed by atoms with Crippen molar-refractivity contribution >= 4 is 16.5 Å². The zero-order chi connectivity index (χ0) is 13.0. The third-order valence-corrected chi connectivity index (χ3v) is 3.13. The van der Waals surface area contributed by atoms with Crippen LogP contribution >= 0.6 is 0 Å². The second-order valence-electron chi connectivity index (χ2n) is 4.64. The second kappa shape index (κ2) is 5.78. The Morgan fingerprint density at radius 3 is 2.89 bits per heavy atom. The van der Waals surface area contributed by atoms with Gasteiger partial charge in [0.25, 0.3) is 0 Å². The van der Waals surface area contributed by atoms with E-state index in [4.69, 9.17) is 0 Å². The number of hydrogen-bond acceptors (Lipinski definition) is 2. The van der Waals surface area contributed by atoms with Crippen LogP contribution in [0.25, 0.3) is 16.5 Å². The Hall–Kier alpha value is -1.67. The number of aryl methyl sites for hydroxylation is 1. The van der Waals surface area contributed by atoms with Crippen molar-refractivity contribution in [2.24, 2.45) is 0 Å². The number of aromatic nitrogens is 1. The highest BCUT2D eigenvalue weighted by atomic mass is 14.8. The van der Waals surface area contributed by atoms with Crippen molar-refractivity contribution in [2.75, 3.05) is 13.6 Å². The van der Waals surface area contributed by atoms with Gasteiger partial charge in [0.1, 0.15) is 0 Å². The Labute approximate surface area is 109 Å². The molecule has 94 valence electrons. The van der Waals surface area contributed by atoms with Gasteiger partial charge in [0.2, 0.25) is 0 Å². The summed E-state index contributed by atoms with van der Waals surface area (Å²) in [6, 6.07) is 10.7. The first-order chi connectivity index (χ1) is 8.70. The number of nitrogens with zero attached hydrogens (tertiary/aromatic N) is 1. The lowest BCUT2D eigenvalue weighted by Crippen LogP contribution is -2.05. The van der Waals surface area contributed by atoms with Crippen molar-refractivity contribution in [2.45, 2.75) is 20.3 Å². The SMILES string of the molecule is CNCC/C=C(/C)c1ccc2nc(C)ccc2c1. The van der Waals surface area contributed by atoms with E-state index in [1.807, 2.05) is 14.0 Å². The summed E-state index contributed by atoms with van der Waals surface area (Å²) in [6.45, 7) is 5.21.